The number of carbonyl (C=O) groups is 1. The van der Waals surface area contributed by atoms with Gasteiger partial charge in [-0.1, -0.05) is 80.9 Å². The third kappa shape index (κ3) is 8.09. The SMILES string of the molecule is CCC.O=C(CCc1ccccc1)CCc1ccccc1. The Bertz CT molecular complexity index is 442. The van der Waals surface area contributed by atoms with Gasteiger partial charge < -0.3 is 0 Å². The Morgan fingerprint density at radius 1 is 0.714 bits per heavy atom. The topological polar surface area (TPSA) is 17.1 Å². The van der Waals surface area contributed by atoms with Crippen molar-refractivity contribution in [1.82, 2.24) is 0 Å². The number of ketones is 1. The lowest BCUT2D eigenvalue weighted by Crippen LogP contribution is -2.02. The molecule has 1 heteroatoms. The molecule has 0 N–H and O–H groups in total. The molecule has 0 bridgehead atoms. The van der Waals surface area contributed by atoms with Crippen molar-refractivity contribution in [3.8, 4) is 0 Å². The molecule has 0 fully saturated rings. The Labute approximate surface area is 129 Å². The van der Waals surface area contributed by atoms with Crippen LogP contribution in [0.25, 0.3) is 0 Å². The first-order chi connectivity index (χ1) is 10.3. The molecule has 2 rings (SSSR count). The van der Waals surface area contributed by atoms with Crippen LogP contribution in [0.4, 0.5) is 0 Å². The van der Waals surface area contributed by atoms with E-state index in [9.17, 15) is 4.79 Å². The summed E-state index contributed by atoms with van der Waals surface area (Å²) in [6, 6.07) is 20.4. The number of hydrogen-bond acceptors (Lipinski definition) is 1. The molecule has 0 heterocycles. The average Bonchev–Trinajstić information content (AvgIpc) is 2.54. The van der Waals surface area contributed by atoms with Gasteiger partial charge in [-0.2, -0.15) is 0 Å². The molecule has 0 aliphatic rings. The maximum absolute atomic E-state index is 11.8. The highest BCUT2D eigenvalue weighted by Gasteiger charge is 2.03. The normalized spacial score (nSPS) is 9.62. The highest BCUT2D eigenvalue weighted by Crippen LogP contribution is 2.07. The van der Waals surface area contributed by atoms with Crippen LogP contribution in [0.1, 0.15) is 44.2 Å². The number of Topliss-reactive ketones (excluding diaryl/α,β-unsaturated/α-hetero) is 1. The second-order valence-corrected chi connectivity index (χ2v) is 5.22. The van der Waals surface area contributed by atoms with E-state index < -0.39 is 0 Å². The van der Waals surface area contributed by atoms with E-state index in [1.54, 1.807) is 0 Å². The van der Waals surface area contributed by atoms with Gasteiger partial charge in [0.2, 0.25) is 0 Å². The molecule has 0 aliphatic heterocycles. The molecule has 0 atom stereocenters. The van der Waals surface area contributed by atoms with Gasteiger partial charge >= 0.3 is 0 Å². The van der Waals surface area contributed by atoms with Crippen molar-refractivity contribution in [3.05, 3.63) is 71.8 Å². The Hall–Kier alpha value is -1.89. The van der Waals surface area contributed by atoms with Crippen LogP contribution < -0.4 is 0 Å². The molecule has 2 aromatic carbocycles. The van der Waals surface area contributed by atoms with E-state index in [1.165, 1.54) is 17.5 Å². The van der Waals surface area contributed by atoms with Gasteiger partial charge in [-0.25, -0.2) is 0 Å². The zero-order valence-corrected chi connectivity index (χ0v) is 13.2. The van der Waals surface area contributed by atoms with Gasteiger partial charge in [0.25, 0.3) is 0 Å². The van der Waals surface area contributed by atoms with Gasteiger partial charge in [0.15, 0.2) is 0 Å². The van der Waals surface area contributed by atoms with Crippen molar-refractivity contribution in [2.24, 2.45) is 0 Å². The fourth-order valence-corrected chi connectivity index (χ4v) is 1.98. The summed E-state index contributed by atoms with van der Waals surface area (Å²) >= 11 is 0. The maximum atomic E-state index is 11.8. The van der Waals surface area contributed by atoms with Gasteiger partial charge in [0, 0.05) is 12.8 Å². The van der Waals surface area contributed by atoms with Crippen LogP contribution in [-0.2, 0) is 17.6 Å². The first-order valence-electron chi connectivity index (χ1n) is 7.85. The van der Waals surface area contributed by atoms with E-state index in [1.807, 2.05) is 36.4 Å². The van der Waals surface area contributed by atoms with E-state index in [2.05, 4.69) is 38.1 Å². The first-order valence-corrected chi connectivity index (χ1v) is 7.85. The summed E-state index contributed by atoms with van der Waals surface area (Å²) in [5, 5.41) is 0. The van der Waals surface area contributed by atoms with Crippen LogP contribution in [0.3, 0.4) is 0 Å². The van der Waals surface area contributed by atoms with E-state index in [0.717, 1.165) is 12.8 Å². The summed E-state index contributed by atoms with van der Waals surface area (Å²) in [6.07, 6.45) is 4.26. The molecule has 21 heavy (non-hydrogen) atoms. The molecule has 0 radical (unpaired) electrons. The Balaban J connectivity index is 0.000000677. The molecule has 0 saturated carbocycles. The third-order valence-corrected chi connectivity index (χ3v) is 3.07. The van der Waals surface area contributed by atoms with E-state index in [4.69, 9.17) is 0 Å². The number of carbonyl (C=O) groups excluding carboxylic acids is 1. The molecule has 0 aromatic heterocycles. The van der Waals surface area contributed by atoms with Crippen molar-refractivity contribution in [1.29, 1.82) is 0 Å². The molecule has 0 unspecified atom stereocenters. The molecular weight excluding hydrogens is 256 g/mol. The van der Waals surface area contributed by atoms with Crippen molar-refractivity contribution >= 4 is 5.78 Å². The van der Waals surface area contributed by atoms with Gasteiger partial charge in [-0.15, -0.1) is 0 Å². The smallest absolute Gasteiger partial charge is 0.133 e. The largest absolute Gasteiger partial charge is 0.300 e. The summed E-state index contributed by atoms with van der Waals surface area (Å²) in [7, 11) is 0. The summed E-state index contributed by atoms with van der Waals surface area (Å²) < 4.78 is 0. The van der Waals surface area contributed by atoms with Gasteiger partial charge in [-0.3, -0.25) is 4.79 Å². The molecule has 0 aliphatic carbocycles. The standard InChI is InChI=1S/C17H18O.C3H8/c18-17(13-11-15-7-3-1-4-8-15)14-12-16-9-5-2-6-10-16;1-3-2/h1-10H,11-14H2;3H2,1-2H3. The lowest BCUT2D eigenvalue weighted by molar-refractivity contribution is -0.119. The van der Waals surface area contributed by atoms with Crippen molar-refractivity contribution in [2.45, 2.75) is 46.0 Å². The molecule has 112 valence electrons. The molecule has 0 amide bonds. The van der Waals surface area contributed by atoms with Crippen LogP contribution in [0.5, 0.6) is 0 Å². The Kier molecular flexibility index (Phi) is 8.86. The van der Waals surface area contributed by atoms with E-state index >= 15 is 0 Å². The van der Waals surface area contributed by atoms with Gasteiger partial charge in [0.05, 0.1) is 0 Å². The molecular formula is C20H26O. The number of rotatable bonds is 6. The maximum Gasteiger partial charge on any atom is 0.133 e. The molecule has 2 aromatic rings. The first kappa shape index (κ1) is 17.2. The molecule has 0 saturated heterocycles. The van der Waals surface area contributed by atoms with Crippen LogP contribution in [0, 0.1) is 0 Å². The summed E-state index contributed by atoms with van der Waals surface area (Å²) in [6.45, 7) is 4.25. The van der Waals surface area contributed by atoms with Crippen LogP contribution in [0.2, 0.25) is 0 Å². The average molecular weight is 282 g/mol. The van der Waals surface area contributed by atoms with Crippen molar-refractivity contribution < 1.29 is 4.79 Å². The third-order valence-electron chi connectivity index (χ3n) is 3.07. The zero-order valence-electron chi connectivity index (χ0n) is 13.2. The highest BCUT2D eigenvalue weighted by atomic mass is 16.1. The van der Waals surface area contributed by atoms with Gasteiger partial charge in [-0.05, 0) is 24.0 Å². The molecule has 1 nitrogen and oxygen atoms in total. The minimum Gasteiger partial charge on any atom is -0.300 e. The molecule has 0 spiro atoms. The van der Waals surface area contributed by atoms with Crippen LogP contribution in [-0.4, -0.2) is 5.78 Å². The predicted octanol–water partition coefficient (Wildman–Crippen LogP) is 5.24. The monoisotopic (exact) mass is 282 g/mol. The Morgan fingerprint density at radius 3 is 1.38 bits per heavy atom. The second-order valence-electron chi connectivity index (χ2n) is 5.22. The summed E-state index contributed by atoms with van der Waals surface area (Å²) in [4.78, 5) is 11.8. The lowest BCUT2D eigenvalue weighted by Gasteiger charge is -2.02. The Morgan fingerprint density at radius 2 is 1.05 bits per heavy atom. The van der Waals surface area contributed by atoms with Crippen molar-refractivity contribution in [3.63, 3.8) is 0 Å². The quantitative estimate of drug-likeness (QED) is 0.708. The van der Waals surface area contributed by atoms with Gasteiger partial charge in [0.1, 0.15) is 5.78 Å². The minimum absolute atomic E-state index is 0.350. The van der Waals surface area contributed by atoms with Crippen LogP contribution >= 0.6 is 0 Å². The predicted molar refractivity (Wildman–Crippen MR) is 90.5 cm³/mol. The summed E-state index contributed by atoms with van der Waals surface area (Å²) in [5.41, 5.74) is 2.48. The van der Waals surface area contributed by atoms with Crippen molar-refractivity contribution in [2.75, 3.05) is 0 Å². The fourth-order valence-electron chi connectivity index (χ4n) is 1.98. The zero-order chi connectivity index (χ0) is 15.3. The minimum atomic E-state index is 0.350. The number of benzene rings is 2. The van der Waals surface area contributed by atoms with E-state index in [0.29, 0.717) is 18.6 Å². The number of aryl methyl sites for hydroxylation is 2. The summed E-state index contributed by atoms with van der Waals surface area (Å²) in [5.74, 6) is 0.350. The highest BCUT2D eigenvalue weighted by molar-refractivity contribution is 5.78. The lowest BCUT2D eigenvalue weighted by atomic mass is 10.0. The fraction of sp³-hybridized carbons (Fsp3) is 0.350. The van der Waals surface area contributed by atoms with Crippen LogP contribution in [0.15, 0.2) is 60.7 Å². The number of hydrogen-bond donors (Lipinski definition) is 0. The van der Waals surface area contributed by atoms with E-state index in [-0.39, 0.29) is 0 Å². The second kappa shape index (κ2) is 10.8.